The van der Waals surface area contributed by atoms with Crippen LogP contribution >= 0.6 is 0 Å². The van der Waals surface area contributed by atoms with Gasteiger partial charge in [-0.2, -0.15) is 0 Å². The minimum absolute atomic E-state index is 0.00173. The fraction of sp³-hybridized carbons (Fsp3) is 0.333. The zero-order valence-corrected chi connectivity index (χ0v) is 14.2. The maximum atomic E-state index is 12.4. The molecule has 25 heavy (non-hydrogen) atoms. The van der Waals surface area contributed by atoms with E-state index in [9.17, 15) is 9.59 Å². The third-order valence-electron chi connectivity index (χ3n) is 4.94. The Balaban J connectivity index is 1.40. The highest BCUT2D eigenvalue weighted by atomic mass is 16.2. The molecule has 4 nitrogen and oxygen atoms in total. The van der Waals surface area contributed by atoms with E-state index < -0.39 is 0 Å². The zero-order valence-electron chi connectivity index (χ0n) is 14.2. The molecule has 1 fully saturated rings. The zero-order chi connectivity index (χ0) is 17.2. The molecule has 0 unspecified atom stereocenters. The summed E-state index contributed by atoms with van der Waals surface area (Å²) in [5, 5.41) is 2.97. The number of benzene rings is 2. The summed E-state index contributed by atoms with van der Waals surface area (Å²) in [7, 11) is 0. The molecule has 0 aromatic heterocycles. The Labute approximate surface area is 147 Å². The first-order chi connectivity index (χ1) is 12.2. The number of carbonyl (C=O) groups excluding carboxylic acids is 2. The van der Waals surface area contributed by atoms with E-state index in [1.165, 1.54) is 5.56 Å². The first kappa shape index (κ1) is 15.9. The predicted octanol–water partition coefficient (Wildman–Crippen LogP) is 3.56. The molecular weight excluding hydrogens is 312 g/mol. The Bertz CT molecular complexity index is 797. The highest BCUT2D eigenvalue weighted by Crippen LogP contribution is 2.37. The lowest BCUT2D eigenvalue weighted by Crippen LogP contribution is -2.30. The largest absolute Gasteiger partial charge is 0.326 e. The molecule has 4 heteroatoms. The Morgan fingerprint density at radius 2 is 1.88 bits per heavy atom. The lowest BCUT2D eigenvalue weighted by Gasteiger charge is -2.18. The fourth-order valence-electron chi connectivity index (χ4n) is 3.36. The Morgan fingerprint density at radius 1 is 1.08 bits per heavy atom. The van der Waals surface area contributed by atoms with Crippen molar-refractivity contribution in [3.63, 3.8) is 0 Å². The molecule has 0 bridgehead atoms. The van der Waals surface area contributed by atoms with Gasteiger partial charge in [-0.3, -0.25) is 9.59 Å². The molecule has 0 atom stereocenters. The van der Waals surface area contributed by atoms with Gasteiger partial charge in [-0.25, -0.2) is 0 Å². The Morgan fingerprint density at radius 3 is 2.64 bits per heavy atom. The van der Waals surface area contributed by atoms with E-state index in [-0.39, 0.29) is 17.7 Å². The van der Waals surface area contributed by atoms with Crippen molar-refractivity contribution in [3.8, 4) is 0 Å². The molecule has 4 rings (SSSR count). The van der Waals surface area contributed by atoms with Gasteiger partial charge < -0.3 is 10.2 Å². The minimum atomic E-state index is 0.00173. The van der Waals surface area contributed by atoms with Crippen molar-refractivity contribution in [2.75, 3.05) is 16.8 Å². The molecule has 1 aliphatic carbocycles. The summed E-state index contributed by atoms with van der Waals surface area (Å²) in [5.41, 5.74) is 4.09. The van der Waals surface area contributed by atoms with Gasteiger partial charge in [0.25, 0.3) is 0 Å². The summed E-state index contributed by atoms with van der Waals surface area (Å²) in [6.45, 7) is 0.760. The molecule has 0 spiro atoms. The van der Waals surface area contributed by atoms with Crippen molar-refractivity contribution in [1.82, 2.24) is 0 Å². The quantitative estimate of drug-likeness (QED) is 0.909. The number of nitrogens with one attached hydrogen (secondary N) is 1. The summed E-state index contributed by atoms with van der Waals surface area (Å²) in [4.78, 5) is 26.5. The summed E-state index contributed by atoms with van der Waals surface area (Å²) < 4.78 is 0. The van der Waals surface area contributed by atoms with Crippen LogP contribution in [0.3, 0.4) is 0 Å². The topological polar surface area (TPSA) is 49.4 Å². The molecule has 2 aliphatic rings. The molecule has 0 radical (unpaired) electrons. The van der Waals surface area contributed by atoms with Crippen LogP contribution < -0.4 is 10.2 Å². The molecule has 2 aromatic rings. The second-order valence-corrected chi connectivity index (χ2v) is 6.89. The highest BCUT2D eigenvalue weighted by molar-refractivity contribution is 5.99. The van der Waals surface area contributed by atoms with Gasteiger partial charge in [-0.1, -0.05) is 36.4 Å². The number of carbonyl (C=O) groups is 2. The number of fused-ring (bicyclic) bond motifs is 1. The van der Waals surface area contributed by atoms with E-state index in [0.717, 1.165) is 49.2 Å². The van der Waals surface area contributed by atoms with Crippen LogP contribution in [0.1, 0.15) is 30.4 Å². The van der Waals surface area contributed by atoms with Crippen LogP contribution in [0.15, 0.2) is 48.5 Å². The van der Waals surface area contributed by atoms with Gasteiger partial charge in [0, 0.05) is 30.3 Å². The van der Waals surface area contributed by atoms with E-state index in [0.29, 0.717) is 6.42 Å². The Hall–Kier alpha value is -2.62. The van der Waals surface area contributed by atoms with Gasteiger partial charge >= 0.3 is 0 Å². The van der Waals surface area contributed by atoms with E-state index in [1.807, 2.05) is 53.4 Å². The molecule has 0 saturated heterocycles. The molecule has 1 aliphatic heterocycles. The van der Waals surface area contributed by atoms with Crippen LogP contribution in [-0.4, -0.2) is 18.4 Å². The van der Waals surface area contributed by atoms with Gasteiger partial charge in [0.2, 0.25) is 11.8 Å². The number of hydrogen-bond donors (Lipinski definition) is 1. The average molecular weight is 334 g/mol. The van der Waals surface area contributed by atoms with E-state index >= 15 is 0 Å². The van der Waals surface area contributed by atoms with Gasteiger partial charge in [-0.05, 0) is 48.9 Å². The first-order valence-corrected chi connectivity index (χ1v) is 8.99. The van der Waals surface area contributed by atoms with E-state index in [1.54, 1.807) is 0 Å². The molecule has 1 N–H and O–H groups in total. The Kier molecular flexibility index (Phi) is 4.26. The van der Waals surface area contributed by atoms with Crippen molar-refractivity contribution in [1.29, 1.82) is 0 Å². The third kappa shape index (κ3) is 3.58. The first-order valence-electron chi connectivity index (χ1n) is 8.99. The average Bonchev–Trinajstić information content (AvgIpc) is 3.40. The lowest BCUT2D eigenvalue weighted by atomic mass is 10.1. The second kappa shape index (κ2) is 6.71. The molecule has 1 saturated carbocycles. The van der Waals surface area contributed by atoms with Crippen molar-refractivity contribution in [2.45, 2.75) is 32.1 Å². The molecule has 128 valence electrons. The fourth-order valence-corrected chi connectivity index (χ4v) is 3.36. The van der Waals surface area contributed by atoms with E-state index in [4.69, 9.17) is 0 Å². The minimum Gasteiger partial charge on any atom is -0.326 e. The van der Waals surface area contributed by atoms with Gasteiger partial charge in [-0.15, -0.1) is 0 Å². The van der Waals surface area contributed by atoms with Crippen LogP contribution in [0, 0.1) is 5.92 Å². The van der Waals surface area contributed by atoms with Crippen molar-refractivity contribution in [2.24, 2.45) is 5.92 Å². The summed E-state index contributed by atoms with van der Waals surface area (Å²) in [6.07, 6.45) is 4.10. The van der Waals surface area contributed by atoms with Crippen LogP contribution in [0.25, 0.3) is 0 Å². The number of rotatable bonds is 5. The van der Waals surface area contributed by atoms with Crippen molar-refractivity contribution in [3.05, 3.63) is 59.7 Å². The number of anilines is 2. The molecule has 2 amide bonds. The smallest absolute Gasteiger partial charge is 0.230 e. The van der Waals surface area contributed by atoms with Crippen molar-refractivity contribution >= 4 is 23.2 Å². The second-order valence-electron chi connectivity index (χ2n) is 6.89. The van der Waals surface area contributed by atoms with Crippen LogP contribution in [0.2, 0.25) is 0 Å². The summed E-state index contributed by atoms with van der Waals surface area (Å²) in [6, 6.07) is 15.9. The summed E-state index contributed by atoms with van der Waals surface area (Å²) in [5.74, 6) is 0.461. The lowest BCUT2D eigenvalue weighted by molar-refractivity contribution is -0.119. The normalized spacial score (nSPS) is 15.8. The molecule has 1 heterocycles. The summed E-state index contributed by atoms with van der Waals surface area (Å²) >= 11 is 0. The number of aryl methyl sites for hydroxylation is 1. The van der Waals surface area contributed by atoms with Gasteiger partial charge in [0.15, 0.2) is 0 Å². The monoisotopic (exact) mass is 334 g/mol. The molecular formula is C21H22N2O2. The van der Waals surface area contributed by atoms with Crippen LogP contribution in [-0.2, 0) is 22.4 Å². The standard InChI is InChI=1S/C21H22N2O2/c24-20(11-6-15-4-2-1-3-5-15)22-18-10-9-16-12-13-23(19(16)14-18)21(25)17-7-8-17/h1-5,9-10,14,17H,6-8,11-13H2,(H,22,24). The maximum absolute atomic E-state index is 12.4. The predicted molar refractivity (Wildman–Crippen MR) is 98.6 cm³/mol. The number of hydrogen-bond acceptors (Lipinski definition) is 2. The highest BCUT2D eigenvalue weighted by Gasteiger charge is 2.36. The van der Waals surface area contributed by atoms with Crippen molar-refractivity contribution < 1.29 is 9.59 Å². The third-order valence-corrected chi connectivity index (χ3v) is 4.94. The molecule has 2 aromatic carbocycles. The van der Waals surface area contributed by atoms with E-state index in [2.05, 4.69) is 5.32 Å². The maximum Gasteiger partial charge on any atom is 0.230 e. The number of amides is 2. The van der Waals surface area contributed by atoms with Crippen LogP contribution in [0.5, 0.6) is 0 Å². The van der Waals surface area contributed by atoms with Crippen LogP contribution in [0.4, 0.5) is 11.4 Å². The number of nitrogens with zero attached hydrogens (tertiary/aromatic N) is 1. The SMILES string of the molecule is O=C(CCc1ccccc1)Nc1ccc2c(c1)N(C(=O)C1CC1)CC2. The van der Waals surface area contributed by atoms with Gasteiger partial charge in [0.05, 0.1) is 0 Å². The van der Waals surface area contributed by atoms with Gasteiger partial charge in [0.1, 0.15) is 0 Å².